The first-order valence-electron chi connectivity index (χ1n) is 7.92. The van der Waals surface area contributed by atoms with E-state index in [0.29, 0.717) is 21.9 Å². The smallest absolute Gasteiger partial charge is 0.201 e. The second-order valence-electron chi connectivity index (χ2n) is 5.84. The van der Waals surface area contributed by atoms with Gasteiger partial charge in [0.05, 0.1) is 17.0 Å². The Morgan fingerprint density at radius 2 is 2.11 bits per heavy atom. The van der Waals surface area contributed by atoms with Gasteiger partial charge in [-0.15, -0.1) is 10.8 Å². The summed E-state index contributed by atoms with van der Waals surface area (Å²) in [4.78, 5) is 19.7. The van der Waals surface area contributed by atoms with Gasteiger partial charge in [-0.25, -0.2) is 13.8 Å². The quantitative estimate of drug-likeness (QED) is 0.373. The van der Waals surface area contributed by atoms with Crippen molar-refractivity contribution in [2.24, 2.45) is 0 Å². The first kappa shape index (κ1) is 19.7. The number of aromatic nitrogens is 2. The number of aromatic amines is 1. The standard InChI is InChI=1S/C17H16BrF2N3O3S/c1-2-5-27(25,26)23-13-4-3-12(19)14(15(13)20)16(24)11-8-22-17-10(11)6-9(18)7-21-17/h3-4,6-8,23,25-26H,2,5H2,1H3,(H,21,22). The highest BCUT2D eigenvalue weighted by Gasteiger charge is 2.26. The summed E-state index contributed by atoms with van der Waals surface area (Å²) in [5, 5.41) is 0.404. The fourth-order valence-corrected chi connectivity index (χ4v) is 4.16. The molecule has 0 saturated carbocycles. The lowest BCUT2D eigenvalue weighted by molar-refractivity contribution is 0.103. The van der Waals surface area contributed by atoms with Gasteiger partial charge >= 0.3 is 0 Å². The Kier molecular flexibility index (Phi) is 5.52. The van der Waals surface area contributed by atoms with E-state index in [-0.39, 0.29) is 17.0 Å². The number of ketones is 1. The Morgan fingerprint density at radius 3 is 2.81 bits per heavy atom. The van der Waals surface area contributed by atoms with Gasteiger partial charge in [-0.1, -0.05) is 6.92 Å². The molecule has 2 heterocycles. The molecule has 0 radical (unpaired) electrons. The van der Waals surface area contributed by atoms with Crippen LogP contribution in [0.1, 0.15) is 29.3 Å². The molecule has 0 spiro atoms. The van der Waals surface area contributed by atoms with Crippen LogP contribution < -0.4 is 4.72 Å². The zero-order valence-corrected chi connectivity index (χ0v) is 16.5. The number of fused-ring (bicyclic) bond motifs is 1. The van der Waals surface area contributed by atoms with E-state index in [0.717, 1.165) is 12.1 Å². The minimum Gasteiger partial charge on any atom is -0.345 e. The van der Waals surface area contributed by atoms with Crippen LogP contribution in [-0.4, -0.2) is 30.6 Å². The van der Waals surface area contributed by atoms with Gasteiger partial charge in [0.1, 0.15) is 11.5 Å². The summed E-state index contributed by atoms with van der Waals surface area (Å²) in [5.41, 5.74) is -0.692. The van der Waals surface area contributed by atoms with Crippen LogP contribution in [-0.2, 0) is 0 Å². The fraction of sp³-hybridized carbons (Fsp3) is 0.176. The third-order valence-electron chi connectivity index (χ3n) is 3.82. The van der Waals surface area contributed by atoms with Crippen LogP contribution in [0.2, 0.25) is 0 Å². The monoisotopic (exact) mass is 459 g/mol. The fourth-order valence-electron chi connectivity index (χ4n) is 2.65. The lowest BCUT2D eigenvalue weighted by Crippen LogP contribution is -2.16. The largest absolute Gasteiger partial charge is 0.345 e. The molecule has 0 unspecified atom stereocenters. The van der Waals surface area contributed by atoms with Gasteiger partial charge < -0.3 is 4.98 Å². The number of carbonyl (C=O) groups is 1. The van der Waals surface area contributed by atoms with Crippen molar-refractivity contribution in [1.29, 1.82) is 0 Å². The number of anilines is 1. The lowest BCUT2D eigenvalue weighted by Gasteiger charge is -2.33. The van der Waals surface area contributed by atoms with E-state index in [1.165, 1.54) is 12.4 Å². The number of rotatable bonds is 6. The summed E-state index contributed by atoms with van der Waals surface area (Å²) in [6, 6.07) is 3.55. The molecule has 3 rings (SSSR count). The zero-order valence-electron chi connectivity index (χ0n) is 14.1. The second-order valence-corrected chi connectivity index (χ2v) is 8.70. The molecule has 0 atom stereocenters. The maximum Gasteiger partial charge on any atom is 0.201 e. The van der Waals surface area contributed by atoms with Crippen molar-refractivity contribution in [3.8, 4) is 0 Å². The summed E-state index contributed by atoms with van der Waals surface area (Å²) in [6.45, 7) is 1.73. The Morgan fingerprint density at radius 1 is 1.37 bits per heavy atom. The third kappa shape index (κ3) is 3.98. The molecule has 27 heavy (non-hydrogen) atoms. The highest BCUT2D eigenvalue weighted by Crippen LogP contribution is 2.41. The minimum absolute atomic E-state index is 0.00472. The van der Waals surface area contributed by atoms with Gasteiger partial charge in [0.15, 0.2) is 5.82 Å². The molecule has 3 aromatic rings. The molecule has 0 bridgehead atoms. The predicted octanol–water partition coefficient (Wildman–Crippen LogP) is 5.32. The van der Waals surface area contributed by atoms with Crippen molar-refractivity contribution in [1.82, 2.24) is 9.97 Å². The van der Waals surface area contributed by atoms with Crippen molar-refractivity contribution in [3.63, 3.8) is 0 Å². The van der Waals surface area contributed by atoms with Gasteiger partial charge in [0, 0.05) is 27.8 Å². The van der Waals surface area contributed by atoms with Crippen LogP contribution in [0.25, 0.3) is 11.0 Å². The normalized spacial score (nSPS) is 12.4. The van der Waals surface area contributed by atoms with E-state index in [4.69, 9.17) is 0 Å². The van der Waals surface area contributed by atoms with Crippen LogP contribution in [0.15, 0.2) is 35.1 Å². The Hall–Kier alpha value is -2.01. The molecule has 0 fully saturated rings. The highest BCUT2D eigenvalue weighted by molar-refractivity contribution is 9.10. The van der Waals surface area contributed by atoms with Crippen LogP contribution >= 0.6 is 26.7 Å². The summed E-state index contributed by atoms with van der Waals surface area (Å²) in [7, 11) is -3.30. The number of carbonyl (C=O) groups excluding carboxylic acids is 1. The number of nitrogens with one attached hydrogen (secondary N) is 2. The lowest BCUT2D eigenvalue weighted by atomic mass is 10.0. The van der Waals surface area contributed by atoms with Gasteiger partial charge in [0.2, 0.25) is 5.78 Å². The molecule has 10 heteroatoms. The molecule has 2 aromatic heterocycles. The minimum atomic E-state index is -3.30. The molecule has 4 N–H and O–H groups in total. The van der Waals surface area contributed by atoms with Crippen LogP contribution in [0, 0.1) is 11.6 Å². The molecule has 144 valence electrons. The summed E-state index contributed by atoms with van der Waals surface area (Å²) < 4.78 is 51.9. The van der Waals surface area contributed by atoms with Gasteiger partial charge in [-0.2, -0.15) is 0 Å². The van der Waals surface area contributed by atoms with E-state index in [1.807, 2.05) is 0 Å². The molecule has 0 aliphatic rings. The first-order valence-corrected chi connectivity index (χ1v) is 10.4. The number of halogens is 3. The van der Waals surface area contributed by atoms with Crippen molar-refractivity contribution in [3.05, 3.63) is 57.8 Å². The van der Waals surface area contributed by atoms with Crippen LogP contribution in [0.3, 0.4) is 0 Å². The van der Waals surface area contributed by atoms with Crippen molar-refractivity contribution >= 4 is 49.2 Å². The molecular weight excluding hydrogens is 444 g/mol. The van der Waals surface area contributed by atoms with Gasteiger partial charge in [-0.05, 0) is 40.5 Å². The van der Waals surface area contributed by atoms with Crippen LogP contribution in [0.4, 0.5) is 14.5 Å². The zero-order chi connectivity index (χ0) is 19.8. The summed E-state index contributed by atoms with van der Waals surface area (Å²) in [5.74, 6) is -3.12. The molecule has 0 amide bonds. The molecule has 6 nitrogen and oxygen atoms in total. The number of hydrogen-bond donors (Lipinski definition) is 4. The van der Waals surface area contributed by atoms with E-state index < -0.39 is 33.8 Å². The maximum absolute atomic E-state index is 14.9. The number of H-pyrrole nitrogens is 1. The third-order valence-corrected chi connectivity index (χ3v) is 5.78. The Labute approximate surface area is 163 Å². The average Bonchev–Trinajstić information content (AvgIpc) is 3.00. The average molecular weight is 460 g/mol. The molecule has 0 aliphatic carbocycles. The summed E-state index contributed by atoms with van der Waals surface area (Å²) in [6.07, 6.45) is 3.30. The molecule has 0 saturated heterocycles. The predicted molar refractivity (Wildman–Crippen MR) is 105 cm³/mol. The maximum atomic E-state index is 14.9. The first-order chi connectivity index (χ1) is 12.7. The Bertz CT molecular complexity index is 1030. The number of pyridine rings is 1. The van der Waals surface area contributed by atoms with Gasteiger partial charge in [-0.3, -0.25) is 18.6 Å². The highest BCUT2D eigenvalue weighted by atomic mass is 79.9. The van der Waals surface area contributed by atoms with E-state index in [2.05, 4.69) is 30.6 Å². The number of nitrogens with zero attached hydrogens (tertiary/aromatic N) is 1. The molecule has 0 aliphatic heterocycles. The topological polar surface area (TPSA) is 98.2 Å². The Balaban J connectivity index is 2.06. The van der Waals surface area contributed by atoms with E-state index in [9.17, 15) is 22.7 Å². The van der Waals surface area contributed by atoms with E-state index in [1.54, 1.807) is 13.0 Å². The van der Waals surface area contributed by atoms with Crippen LogP contribution in [0.5, 0.6) is 0 Å². The SMILES string of the molecule is CCCS(O)(O)Nc1ccc(F)c(C(=O)c2c[nH]c3ncc(Br)cc23)c1F. The summed E-state index contributed by atoms with van der Waals surface area (Å²) >= 11 is 3.25. The number of benzene rings is 1. The number of hydrogen-bond acceptors (Lipinski definition) is 5. The van der Waals surface area contributed by atoms with Crippen molar-refractivity contribution < 1.29 is 22.7 Å². The molecule has 1 aromatic carbocycles. The van der Waals surface area contributed by atoms with E-state index >= 15 is 0 Å². The van der Waals surface area contributed by atoms with Crippen molar-refractivity contribution in [2.75, 3.05) is 10.5 Å². The second kappa shape index (κ2) is 7.55. The van der Waals surface area contributed by atoms with Gasteiger partial charge in [0.25, 0.3) is 0 Å². The molecular formula is C17H16BrF2N3O3S. The van der Waals surface area contributed by atoms with Crippen molar-refractivity contribution in [2.45, 2.75) is 13.3 Å².